The van der Waals surface area contributed by atoms with Gasteiger partial charge in [0.15, 0.2) is 0 Å². The molecule has 3 aromatic rings. The van der Waals surface area contributed by atoms with Gasteiger partial charge in [-0.05, 0) is 66.9 Å². The van der Waals surface area contributed by atoms with Gasteiger partial charge in [0.25, 0.3) is 0 Å². The van der Waals surface area contributed by atoms with Crippen LogP contribution in [0.1, 0.15) is 19.4 Å². The Labute approximate surface area is 187 Å². The number of rotatable bonds is 8. The van der Waals surface area contributed by atoms with Crippen molar-refractivity contribution in [1.29, 1.82) is 0 Å². The van der Waals surface area contributed by atoms with E-state index in [2.05, 4.69) is 13.2 Å². The van der Waals surface area contributed by atoms with Crippen LogP contribution >= 0.6 is 0 Å². The van der Waals surface area contributed by atoms with Gasteiger partial charge >= 0.3 is 11.9 Å². The zero-order valence-electron chi connectivity index (χ0n) is 18.1. The summed E-state index contributed by atoms with van der Waals surface area (Å²) < 4.78 is 16.2. The molecule has 0 N–H and O–H groups in total. The molecule has 162 valence electrons. The van der Waals surface area contributed by atoms with Gasteiger partial charge in [-0.25, -0.2) is 9.59 Å². The Bertz CT molecular complexity index is 1120. The molecule has 5 heteroatoms. The summed E-state index contributed by atoms with van der Waals surface area (Å²) in [5.74, 6) is 0.692. The van der Waals surface area contributed by atoms with E-state index in [0.717, 1.165) is 16.7 Å². The number of ether oxygens (including phenoxy) is 3. The second kappa shape index (κ2) is 10.3. The third-order valence-electron chi connectivity index (χ3n) is 4.49. The maximum absolute atomic E-state index is 11.6. The van der Waals surface area contributed by atoms with Crippen LogP contribution in [0.2, 0.25) is 0 Å². The van der Waals surface area contributed by atoms with Gasteiger partial charge in [0, 0.05) is 11.1 Å². The van der Waals surface area contributed by atoms with Crippen molar-refractivity contribution < 1.29 is 23.8 Å². The van der Waals surface area contributed by atoms with Gasteiger partial charge in [-0.15, -0.1) is 0 Å². The summed E-state index contributed by atoms with van der Waals surface area (Å²) in [5, 5.41) is 0. The van der Waals surface area contributed by atoms with Gasteiger partial charge in [0.2, 0.25) is 0 Å². The minimum absolute atomic E-state index is 0.343. The van der Waals surface area contributed by atoms with Gasteiger partial charge in [-0.3, -0.25) is 0 Å². The quantitative estimate of drug-likeness (QED) is 0.254. The SMILES string of the molecule is C=C(C)C(=O)Oc1ccc(OCc2ccc(-c3ccc(OC(=O)C(=C)C)cc3)cc2)cc1. The summed E-state index contributed by atoms with van der Waals surface area (Å²) in [7, 11) is 0. The molecule has 0 atom stereocenters. The van der Waals surface area contributed by atoms with E-state index in [0.29, 0.717) is 35.0 Å². The Kier molecular flexibility index (Phi) is 7.24. The maximum atomic E-state index is 11.6. The molecule has 0 aliphatic rings. The smallest absolute Gasteiger partial charge is 0.338 e. The third-order valence-corrected chi connectivity index (χ3v) is 4.49. The summed E-state index contributed by atoms with van der Waals surface area (Å²) in [5.41, 5.74) is 3.76. The number of esters is 2. The minimum Gasteiger partial charge on any atom is -0.489 e. The molecule has 0 saturated heterocycles. The van der Waals surface area contributed by atoms with Gasteiger partial charge in [0.1, 0.15) is 23.9 Å². The summed E-state index contributed by atoms with van der Waals surface area (Å²) in [6, 6.07) is 22.2. The Morgan fingerprint density at radius 1 is 0.625 bits per heavy atom. The topological polar surface area (TPSA) is 61.8 Å². The van der Waals surface area contributed by atoms with E-state index in [4.69, 9.17) is 14.2 Å². The normalized spacial score (nSPS) is 10.2. The van der Waals surface area contributed by atoms with E-state index in [1.54, 1.807) is 50.2 Å². The molecule has 3 aromatic carbocycles. The lowest BCUT2D eigenvalue weighted by Gasteiger charge is -2.09. The lowest BCUT2D eigenvalue weighted by atomic mass is 10.0. The summed E-state index contributed by atoms with van der Waals surface area (Å²) in [4.78, 5) is 23.1. The van der Waals surface area contributed by atoms with Gasteiger partial charge in [-0.2, -0.15) is 0 Å². The van der Waals surface area contributed by atoms with Crippen LogP contribution in [0, 0.1) is 0 Å². The molecule has 0 amide bonds. The first-order valence-electron chi connectivity index (χ1n) is 9.99. The van der Waals surface area contributed by atoms with Gasteiger partial charge in [-0.1, -0.05) is 49.6 Å². The van der Waals surface area contributed by atoms with E-state index < -0.39 is 11.9 Å². The largest absolute Gasteiger partial charge is 0.489 e. The van der Waals surface area contributed by atoms with Crippen molar-refractivity contribution in [2.24, 2.45) is 0 Å². The molecule has 0 unspecified atom stereocenters. The molecule has 0 fully saturated rings. The van der Waals surface area contributed by atoms with Crippen molar-refractivity contribution in [1.82, 2.24) is 0 Å². The molecular formula is C27H24O5. The molecule has 5 nitrogen and oxygen atoms in total. The highest BCUT2D eigenvalue weighted by Crippen LogP contribution is 2.24. The van der Waals surface area contributed by atoms with Crippen molar-refractivity contribution in [3.8, 4) is 28.4 Å². The highest BCUT2D eigenvalue weighted by Gasteiger charge is 2.07. The zero-order valence-corrected chi connectivity index (χ0v) is 18.1. The molecule has 0 saturated carbocycles. The molecule has 3 rings (SSSR count). The molecule has 0 spiro atoms. The second-order valence-corrected chi connectivity index (χ2v) is 7.32. The van der Waals surface area contributed by atoms with E-state index in [9.17, 15) is 9.59 Å². The van der Waals surface area contributed by atoms with Gasteiger partial charge in [0.05, 0.1) is 0 Å². The lowest BCUT2D eigenvalue weighted by Crippen LogP contribution is -2.07. The molecule has 0 aliphatic carbocycles. The van der Waals surface area contributed by atoms with Crippen molar-refractivity contribution in [3.05, 3.63) is 103 Å². The van der Waals surface area contributed by atoms with Crippen LogP contribution < -0.4 is 14.2 Å². The standard InChI is InChI=1S/C27H24O5/c1-18(2)26(28)31-24-11-9-22(10-12-24)21-7-5-20(6-8-21)17-30-23-13-15-25(16-14-23)32-27(29)19(3)4/h5-16H,1,3,17H2,2,4H3. The molecule has 0 heterocycles. The Morgan fingerprint density at radius 2 is 1.00 bits per heavy atom. The van der Waals surface area contributed by atoms with Gasteiger partial charge < -0.3 is 14.2 Å². The highest BCUT2D eigenvalue weighted by molar-refractivity contribution is 5.89. The summed E-state index contributed by atoms with van der Waals surface area (Å²) >= 11 is 0. The first kappa shape index (κ1) is 22.6. The molecule has 0 aromatic heterocycles. The van der Waals surface area contributed by atoms with E-state index >= 15 is 0 Å². The first-order valence-corrected chi connectivity index (χ1v) is 9.99. The summed E-state index contributed by atoms with van der Waals surface area (Å²) in [6.45, 7) is 10.7. The Balaban J connectivity index is 1.55. The number of hydrogen-bond acceptors (Lipinski definition) is 5. The van der Waals surface area contributed by atoms with Crippen molar-refractivity contribution in [2.45, 2.75) is 20.5 Å². The molecule has 0 radical (unpaired) electrons. The third kappa shape index (κ3) is 6.19. The molecular weight excluding hydrogens is 404 g/mol. The zero-order chi connectivity index (χ0) is 23.1. The predicted molar refractivity (Wildman–Crippen MR) is 124 cm³/mol. The van der Waals surface area contributed by atoms with Crippen LogP contribution in [0.15, 0.2) is 97.1 Å². The van der Waals surface area contributed by atoms with Crippen molar-refractivity contribution >= 4 is 11.9 Å². The lowest BCUT2D eigenvalue weighted by molar-refractivity contribution is -0.130. The molecule has 32 heavy (non-hydrogen) atoms. The number of carbonyl (C=O) groups excluding carboxylic acids is 2. The monoisotopic (exact) mass is 428 g/mol. The van der Waals surface area contributed by atoms with E-state index in [1.165, 1.54) is 0 Å². The highest BCUT2D eigenvalue weighted by atomic mass is 16.5. The average Bonchev–Trinajstić information content (AvgIpc) is 2.79. The first-order chi connectivity index (χ1) is 15.3. The van der Waals surface area contributed by atoms with Crippen LogP contribution in [0.25, 0.3) is 11.1 Å². The fraction of sp³-hybridized carbons (Fsp3) is 0.111. The number of hydrogen-bond donors (Lipinski definition) is 0. The fourth-order valence-corrected chi connectivity index (χ4v) is 2.67. The Morgan fingerprint density at radius 3 is 1.44 bits per heavy atom. The fourth-order valence-electron chi connectivity index (χ4n) is 2.67. The Hall–Kier alpha value is -4.12. The predicted octanol–water partition coefficient (Wildman–Crippen LogP) is 5.90. The second-order valence-electron chi connectivity index (χ2n) is 7.32. The van der Waals surface area contributed by atoms with Crippen LogP contribution in [0.5, 0.6) is 17.2 Å². The van der Waals surface area contributed by atoms with Crippen molar-refractivity contribution in [3.63, 3.8) is 0 Å². The molecule has 0 aliphatic heterocycles. The average molecular weight is 428 g/mol. The van der Waals surface area contributed by atoms with E-state index in [-0.39, 0.29) is 0 Å². The van der Waals surface area contributed by atoms with Crippen LogP contribution in [0.4, 0.5) is 0 Å². The van der Waals surface area contributed by atoms with Crippen LogP contribution in [-0.2, 0) is 16.2 Å². The maximum Gasteiger partial charge on any atom is 0.338 e. The van der Waals surface area contributed by atoms with Crippen LogP contribution in [0.3, 0.4) is 0 Å². The molecule has 0 bridgehead atoms. The summed E-state index contributed by atoms with van der Waals surface area (Å²) in [6.07, 6.45) is 0. The number of benzene rings is 3. The minimum atomic E-state index is -0.457. The number of carbonyl (C=O) groups is 2. The van der Waals surface area contributed by atoms with E-state index in [1.807, 2.05) is 36.4 Å². The van der Waals surface area contributed by atoms with Crippen LogP contribution in [-0.4, -0.2) is 11.9 Å². The van der Waals surface area contributed by atoms with Crippen molar-refractivity contribution in [2.75, 3.05) is 0 Å².